The third-order valence-electron chi connectivity index (χ3n) is 3.15. The Kier molecular flexibility index (Phi) is 3.80. The second kappa shape index (κ2) is 5.73. The van der Waals surface area contributed by atoms with Gasteiger partial charge in [0.25, 0.3) is 0 Å². The van der Waals surface area contributed by atoms with Crippen molar-refractivity contribution in [2.45, 2.75) is 26.3 Å². The fourth-order valence-electron chi connectivity index (χ4n) is 2.04. The SMILES string of the molecule is CCCNC(C)c1nnc(-c2cc3ccccc3o2)s1. The zero-order chi connectivity index (χ0) is 13.9. The van der Waals surface area contributed by atoms with Crippen LogP contribution in [0.2, 0.25) is 0 Å². The first-order chi connectivity index (χ1) is 9.78. The molecule has 1 unspecified atom stereocenters. The van der Waals surface area contributed by atoms with Gasteiger partial charge in [-0.15, -0.1) is 10.2 Å². The Morgan fingerprint density at radius 2 is 2.15 bits per heavy atom. The molecule has 0 saturated carbocycles. The number of hydrogen-bond acceptors (Lipinski definition) is 5. The van der Waals surface area contributed by atoms with Crippen LogP contribution in [-0.4, -0.2) is 16.7 Å². The van der Waals surface area contributed by atoms with Crippen molar-refractivity contribution in [2.24, 2.45) is 0 Å². The fraction of sp³-hybridized carbons (Fsp3) is 0.333. The van der Waals surface area contributed by atoms with Gasteiger partial charge in [0.1, 0.15) is 10.6 Å². The van der Waals surface area contributed by atoms with E-state index in [1.807, 2.05) is 30.3 Å². The molecular weight excluding hydrogens is 270 g/mol. The predicted octanol–water partition coefficient (Wildman–Crippen LogP) is 4.01. The van der Waals surface area contributed by atoms with Crippen molar-refractivity contribution < 1.29 is 4.42 Å². The molecule has 1 N–H and O–H groups in total. The van der Waals surface area contributed by atoms with Gasteiger partial charge in [0.05, 0.1) is 6.04 Å². The van der Waals surface area contributed by atoms with Gasteiger partial charge >= 0.3 is 0 Å². The molecule has 0 amide bonds. The maximum atomic E-state index is 5.82. The largest absolute Gasteiger partial charge is 0.453 e. The molecule has 0 aliphatic heterocycles. The van der Waals surface area contributed by atoms with Gasteiger partial charge in [0.15, 0.2) is 10.8 Å². The summed E-state index contributed by atoms with van der Waals surface area (Å²) in [5, 5.41) is 14.8. The molecule has 1 atom stereocenters. The van der Waals surface area contributed by atoms with Gasteiger partial charge in [-0.3, -0.25) is 0 Å². The van der Waals surface area contributed by atoms with E-state index in [1.165, 1.54) is 0 Å². The van der Waals surface area contributed by atoms with Crippen LogP contribution in [-0.2, 0) is 0 Å². The first-order valence-corrected chi connectivity index (χ1v) is 7.65. The standard InChI is InChI=1S/C15H17N3OS/c1-3-8-16-10(2)14-17-18-15(20-14)13-9-11-6-4-5-7-12(11)19-13/h4-7,9-10,16H,3,8H2,1-2H3. The topological polar surface area (TPSA) is 51.0 Å². The predicted molar refractivity (Wildman–Crippen MR) is 81.8 cm³/mol. The molecule has 3 aromatic rings. The van der Waals surface area contributed by atoms with E-state index in [0.29, 0.717) is 0 Å². The molecule has 2 heterocycles. The van der Waals surface area contributed by atoms with Crippen LogP contribution in [0.3, 0.4) is 0 Å². The number of fused-ring (bicyclic) bond motifs is 1. The number of nitrogens with one attached hydrogen (secondary N) is 1. The Bertz CT molecular complexity index is 671. The van der Waals surface area contributed by atoms with Crippen molar-refractivity contribution in [2.75, 3.05) is 6.54 Å². The molecular formula is C15H17N3OS. The minimum absolute atomic E-state index is 0.227. The molecule has 104 valence electrons. The van der Waals surface area contributed by atoms with E-state index >= 15 is 0 Å². The molecule has 20 heavy (non-hydrogen) atoms. The smallest absolute Gasteiger partial charge is 0.183 e. The van der Waals surface area contributed by atoms with Crippen LogP contribution in [0, 0.1) is 0 Å². The number of hydrogen-bond donors (Lipinski definition) is 1. The number of nitrogens with zero attached hydrogens (tertiary/aromatic N) is 2. The van der Waals surface area contributed by atoms with Crippen LogP contribution in [0.5, 0.6) is 0 Å². The molecule has 0 radical (unpaired) electrons. The first kappa shape index (κ1) is 13.3. The average Bonchev–Trinajstić information content (AvgIpc) is 3.10. The van der Waals surface area contributed by atoms with E-state index in [-0.39, 0.29) is 6.04 Å². The summed E-state index contributed by atoms with van der Waals surface area (Å²) in [5.74, 6) is 0.789. The van der Waals surface area contributed by atoms with Crippen LogP contribution in [0.1, 0.15) is 31.3 Å². The molecule has 0 bridgehead atoms. The summed E-state index contributed by atoms with van der Waals surface area (Å²) >= 11 is 1.58. The van der Waals surface area contributed by atoms with Crippen molar-refractivity contribution >= 4 is 22.3 Å². The number of para-hydroxylation sites is 1. The summed E-state index contributed by atoms with van der Waals surface area (Å²) in [4.78, 5) is 0. The van der Waals surface area contributed by atoms with E-state index < -0.39 is 0 Å². The lowest BCUT2D eigenvalue weighted by Crippen LogP contribution is -2.18. The van der Waals surface area contributed by atoms with Gasteiger partial charge in [0.2, 0.25) is 0 Å². The van der Waals surface area contributed by atoms with Crippen molar-refractivity contribution in [3.05, 3.63) is 35.3 Å². The molecule has 3 rings (SSSR count). The maximum absolute atomic E-state index is 5.82. The van der Waals surface area contributed by atoms with Crippen molar-refractivity contribution in [3.63, 3.8) is 0 Å². The van der Waals surface area contributed by atoms with Crippen LogP contribution < -0.4 is 5.32 Å². The van der Waals surface area contributed by atoms with Gasteiger partial charge in [-0.25, -0.2) is 0 Å². The van der Waals surface area contributed by atoms with Crippen LogP contribution in [0.15, 0.2) is 34.7 Å². The lowest BCUT2D eigenvalue weighted by molar-refractivity contribution is 0.564. The summed E-state index contributed by atoms with van der Waals surface area (Å²) in [6.07, 6.45) is 1.11. The Morgan fingerprint density at radius 1 is 1.30 bits per heavy atom. The Labute approximate surface area is 121 Å². The Hall–Kier alpha value is -1.72. The zero-order valence-corrected chi connectivity index (χ0v) is 12.4. The van der Waals surface area contributed by atoms with E-state index in [2.05, 4.69) is 29.4 Å². The quantitative estimate of drug-likeness (QED) is 0.770. The van der Waals surface area contributed by atoms with Crippen molar-refractivity contribution in [1.82, 2.24) is 15.5 Å². The lowest BCUT2D eigenvalue weighted by Gasteiger charge is -2.08. The second-order valence-electron chi connectivity index (χ2n) is 4.77. The molecule has 0 spiro atoms. The molecule has 1 aromatic carbocycles. The molecule has 0 aliphatic carbocycles. The summed E-state index contributed by atoms with van der Waals surface area (Å²) in [7, 11) is 0. The second-order valence-corrected chi connectivity index (χ2v) is 5.78. The highest BCUT2D eigenvalue weighted by Crippen LogP contribution is 2.31. The number of furan rings is 1. The number of rotatable bonds is 5. The van der Waals surface area contributed by atoms with Gasteiger partial charge in [-0.2, -0.15) is 0 Å². The van der Waals surface area contributed by atoms with E-state index in [1.54, 1.807) is 11.3 Å². The first-order valence-electron chi connectivity index (χ1n) is 6.83. The summed E-state index contributed by atoms with van der Waals surface area (Å²) in [6, 6.07) is 10.2. The average molecular weight is 287 g/mol. The van der Waals surface area contributed by atoms with Crippen LogP contribution >= 0.6 is 11.3 Å². The summed E-state index contributed by atoms with van der Waals surface area (Å²) < 4.78 is 5.82. The molecule has 4 nitrogen and oxygen atoms in total. The lowest BCUT2D eigenvalue weighted by atomic mass is 10.2. The highest BCUT2D eigenvalue weighted by atomic mass is 32.1. The molecule has 0 fully saturated rings. The van der Waals surface area contributed by atoms with Crippen LogP contribution in [0.4, 0.5) is 0 Å². The molecule has 0 saturated heterocycles. The highest BCUT2D eigenvalue weighted by molar-refractivity contribution is 7.14. The van der Waals surface area contributed by atoms with E-state index in [9.17, 15) is 0 Å². The summed E-state index contributed by atoms with van der Waals surface area (Å²) in [5.41, 5.74) is 0.886. The third-order valence-corrected chi connectivity index (χ3v) is 4.27. The summed E-state index contributed by atoms with van der Waals surface area (Å²) in [6.45, 7) is 5.25. The maximum Gasteiger partial charge on any atom is 0.183 e. The monoisotopic (exact) mass is 287 g/mol. The van der Waals surface area contributed by atoms with Gasteiger partial charge in [-0.1, -0.05) is 36.5 Å². The fourth-order valence-corrected chi connectivity index (χ4v) is 2.87. The van der Waals surface area contributed by atoms with Gasteiger partial charge in [-0.05, 0) is 32.0 Å². The number of aromatic nitrogens is 2. The van der Waals surface area contributed by atoms with E-state index in [4.69, 9.17) is 4.42 Å². The third kappa shape index (κ3) is 2.59. The molecule has 2 aromatic heterocycles. The van der Waals surface area contributed by atoms with Crippen LogP contribution in [0.25, 0.3) is 21.7 Å². The van der Waals surface area contributed by atoms with Gasteiger partial charge in [0, 0.05) is 5.39 Å². The minimum Gasteiger partial charge on any atom is -0.453 e. The highest BCUT2D eigenvalue weighted by Gasteiger charge is 2.15. The zero-order valence-electron chi connectivity index (χ0n) is 11.6. The normalized spacial score (nSPS) is 12.9. The van der Waals surface area contributed by atoms with Gasteiger partial charge < -0.3 is 9.73 Å². The Balaban J connectivity index is 1.85. The molecule has 5 heteroatoms. The molecule has 0 aliphatic rings. The Morgan fingerprint density at radius 3 is 2.95 bits per heavy atom. The minimum atomic E-state index is 0.227. The number of benzene rings is 1. The van der Waals surface area contributed by atoms with Crippen molar-refractivity contribution in [3.8, 4) is 10.8 Å². The van der Waals surface area contributed by atoms with Crippen molar-refractivity contribution in [1.29, 1.82) is 0 Å². The van der Waals surface area contributed by atoms with E-state index in [0.717, 1.165) is 39.7 Å².